The van der Waals surface area contributed by atoms with Gasteiger partial charge in [0, 0.05) is 29.1 Å². The molecule has 3 aliphatic carbocycles. The maximum absolute atomic E-state index is 13.4. The lowest BCUT2D eigenvalue weighted by Gasteiger charge is -2.42. The third-order valence-electron chi connectivity index (χ3n) is 10.5. The molecule has 9 heteroatoms. The van der Waals surface area contributed by atoms with E-state index in [4.69, 9.17) is 16.3 Å². The lowest BCUT2D eigenvalue weighted by atomic mass is 9.70. The zero-order valence-corrected chi connectivity index (χ0v) is 26.0. The van der Waals surface area contributed by atoms with Crippen LogP contribution in [0.1, 0.15) is 75.1 Å². The summed E-state index contributed by atoms with van der Waals surface area (Å²) in [7, 11) is -3.86. The molecule has 2 unspecified atom stereocenters. The molecule has 2 saturated carbocycles. The molecule has 1 aromatic rings. The Balaban J connectivity index is 1.37. The predicted molar refractivity (Wildman–Crippen MR) is 166 cm³/mol. The molecule has 0 spiro atoms. The van der Waals surface area contributed by atoms with Gasteiger partial charge < -0.3 is 14.7 Å². The average molecular weight is 615 g/mol. The molecule has 42 heavy (non-hydrogen) atoms. The summed E-state index contributed by atoms with van der Waals surface area (Å²) >= 11 is 6.40. The van der Waals surface area contributed by atoms with Crippen LogP contribution in [-0.4, -0.2) is 50.5 Å². The number of fused-ring (bicyclic) bond motifs is 4. The van der Waals surface area contributed by atoms with Crippen LogP contribution in [-0.2, 0) is 10.0 Å². The second-order valence-electron chi connectivity index (χ2n) is 13.3. The molecule has 7 atom stereocenters. The SMILES string of the molecule is CC12C=CC(Cl)=CC1CCCCN1C[C@@H]3CC[C@H]3[C@@H](O)/C=C/C[C@H]3CCC[C@@H]3S(=O)(=O)NC(=O)c3ccc(c1c3)OC2. The second kappa shape index (κ2) is 12.0. The Morgan fingerprint density at radius 1 is 1.10 bits per heavy atom. The summed E-state index contributed by atoms with van der Waals surface area (Å²) in [5.41, 5.74) is 0.886. The number of benzene rings is 1. The van der Waals surface area contributed by atoms with Crippen molar-refractivity contribution in [3.8, 4) is 5.75 Å². The van der Waals surface area contributed by atoms with Crippen molar-refractivity contribution in [1.82, 2.24) is 4.72 Å². The molecule has 2 bridgehead atoms. The molecule has 5 aliphatic rings. The highest BCUT2D eigenvalue weighted by Gasteiger charge is 2.40. The molecule has 0 aromatic heterocycles. The molecule has 2 heterocycles. The van der Waals surface area contributed by atoms with Crippen LogP contribution in [0.25, 0.3) is 0 Å². The topological polar surface area (TPSA) is 95.9 Å². The number of anilines is 1. The number of allylic oxidation sites excluding steroid dienone is 4. The van der Waals surface area contributed by atoms with E-state index >= 15 is 0 Å². The van der Waals surface area contributed by atoms with Gasteiger partial charge in [-0.3, -0.25) is 4.79 Å². The molecule has 0 radical (unpaired) electrons. The Labute approximate surface area is 255 Å². The van der Waals surface area contributed by atoms with Gasteiger partial charge >= 0.3 is 0 Å². The minimum atomic E-state index is -3.86. The highest BCUT2D eigenvalue weighted by Crippen LogP contribution is 2.44. The molecule has 0 saturated heterocycles. The summed E-state index contributed by atoms with van der Waals surface area (Å²) in [6, 6.07) is 5.28. The van der Waals surface area contributed by atoms with E-state index in [-0.39, 0.29) is 23.2 Å². The average Bonchev–Trinajstić information content (AvgIpc) is 3.41. The maximum atomic E-state index is 13.4. The highest BCUT2D eigenvalue weighted by atomic mass is 35.5. The van der Waals surface area contributed by atoms with Crippen LogP contribution in [0.5, 0.6) is 5.75 Å². The number of aliphatic hydroxyl groups is 1. The van der Waals surface area contributed by atoms with Crippen molar-refractivity contribution in [2.45, 2.75) is 76.1 Å². The number of rotatable bonds is 0. The van der Waals surface area contributed by atoms with E-state index in [1.165, 1.54) is 0 Å². The van der Waals surface area contributed by atoms with Gasteiger partial charge in [-0.15, -0.1) is 0 Å². The fourth-order valence-electron chi connectivity index (χ4n) is 7.67. The lowest BCUT2D eigenvalue weighted by molar-refractivity contribution is 0.0461. The maximum Gasteiger partial charge on any atom is 0.264 e. The number of sulfonamides is 1. The Bertz CT molecular complexity index is 1390. The zero-order valence-electron chi connectivity index (χ0n) is 24.4. The highest BCUT2D eigenvalue weighted by molar-refractivity contribution is 7.90. The van der Waals surface area contributed by atoms with Crippen molar-refractivity contribution in [3.63, 3.8) is 0 Å². The third-order valence-corrected chi connectivity index (χ3v) is 12.6. The molecular weight excluding hydrogens is 572 g/mol. The van der Waals surface area contributed by atoms with Gasteiger partial charge in [-0.05, 0) is 92.9 Å². The summed E-state index contributed by atoms with van der Waals surface area (Å²) in [5.74, 6) is 0.747. The van der Waals surface area contributed by atoms with Crippen molar-refractivity contribution < 1.29 is 23.1 Å². The van der Waals surface area contributed by atoms with Gasteiger partial charge in [-0.25, -0.2) is 13.1 Å². The van der Waals surface area contributed by atoms with E-state index in [0.29, 0.717) is 36.7 Å². The van der Waals surface area contributed by atoms with E-state index < -0.39 is 27.3 Å². The number of aliphatic hydroxyl groups excluding tert-OH is 1. The van der Waals surface area contributed by atoms with E-state index in [1.54, 1.807) is 12.1 Å². The first-order valence-corrected chi connectivity index (χ1v) is 17.5. The van der Waals surface area contributed by atoms with Crippen LogP contribution in [0, 0.1) is 29.1 Å². The summed E-state index contributed by atoms with van der Waals surface area (Å²) in [6.07, 6.45) is 17.2. The summed E-state index contributed by atoms with van der Waals surface area (Å²) in [4.78, 5) is 15.7. The van der Waals surface area contributed by atoms with E-state index in [2.05, 4.69) is 28.7 Å². The number of amides is 1. The number of ether oxygens (including phenoxy) is 1. The summed E-state index contributed by atoms with van der Waals surface area (Å²) < 4.78 is 35.8. The molecule has 228 valence electrons. The Morgan fingerprint density at radius 3 is 2.76 bits per heavy atom. The number of nitrogens with zero attached hydrogens (tertiary/aromatic N) is 1. The van der Waals surface area contributed by atoms with Crippen LogP contribution in [0.2, 0.25) is 0 Å². The van der Waals surface area contributed by atoms with Crippen molar-refractivity contribution >= 4 is 33.2 Å². The second-order valence-corrected chi connectivity index (χ2v) is 15.6. The van der Waals surface area contributed by atoms with Gasteiger partial charge in [0.05, 0.1) is 23.6 Å². The molecule has 2 fully saturated rings. The number of halogens is 1. The van der Waals surface area contributed by atoms with Gasteiger partial charge in [0.2, 0.25) is 10.0 Å². The van der Waals surface area contributed by atoms with Crippen molar-refractivity contribution in [3.05, 3.63) is 59.2 Å². The molecule has 1 amide bonds. The minimum absolute atomic E-state index is 0.0658. The number of hydrogen-bond donors (Lipinski definition) is 2. The molecule has 6 rings (SSSR count). The number of carbonyl (C=O) groups is 1. The van der Waals surface area contributed by atoms with Gasteiger partial charge in [-0.2, -0.15) is 0 Å². The van der Waals surface area contributed by atoms with Crippen molar-refractivity contribution in [2.75, 3.05) is 24.6 Å². The first kappa shape index (κ1) is 29.8. The Morgan fingerprint density at radius 2 is 1.95 bits per heavy atom. The quantitative estimate of drug-likeness (QED) is 0.351. The molecule has 2 N–H and O–H groups in total. The van der Waals surface area contributed by atoms with E-state index in [9.17, 15) is 18.3 Å². The first-order chi connectivity index (χ1) is 20.1. The van der Waals surface area contributed by atoms with Gasteiger partial charge in [0.25, 0.3) is 5.91 Å². The summed E-state index contributed by atoms with van der Waals surface area (Å²) in [6.45, 7) is 4.17. The minimum Gasteiger partial charge on any atom is -0.490 e. The van der Waals surface area contributed by atoms with Crippen LogP contribution < -0.4 is 14.4 Å². The van der Waals surface area contributed by atoms with E-state index in [1.807, 2.05) is 24.3 Å². The van der Waals surface area contributed by atoms with E-state index in [0.717, 1.165) is 68.8 Å². The fourth-order valence-corrected chi connectivity index (χ4v) is 9.65. The Hall–Kier alpha value is -2.29. The molecular formula is C33H43ClN2O5S. The Kier molecular flexibility index (Phi) is 8.51. The van der Waals surface area contributed by atoms with Gasteiger partial charge in [0.15, 0.2) is 0 Å². The van der Waals surface area contributed by atoms with Crippen LogP contribution in [0.15, 0.2) is 53.6 Å². The largest absolute Gasteiger partial charge is 0.490 e. The number of hydrogen-bond acceptors (Lipinski definition) is 6. The zero-order chi connectivity index (χ0) is 29.5. The third kappa shape index (κ3) is 6.04. The number of carbonyl (C=O) groups excluding carboxylic acids is 1. The van der Waals surface area contributed by atoms with Gasteiger partial charge in [-0.1, -0.05) is 55.7 Å². The predicted octanol–water partition coefficient (Wildman–Crippen LogP) is 5.95. The molecule has 7 nitrogen and oxygen atoms in total. The smallest absolute Gasteiger partial charge is 0.264 e. The van der Waals surface area contributed by atoms with Crippen LogP contribution in [0.4, 0.5) is 5.69 Å². The van der Waals surface area contributed by atoms with Crippen LogP contribution >= 0.6 is 11.6 Å². The summed E-state index contributed by atoms with van der Waals surface area (Å²) in [5, 5.41) is 11.3. The number of nitrogens with one attached hydrogen (secondary N) is 1. The fraction of sp³-hybridized carbons (Fsp3) is 0.606. The molecule has 1 aromatic carbocycles. The standard InChI is InChI=1S/C33H43ClN2O5S/c1-33-16-15-26(34)19-25(33)8-2-3-17-36-20-24-11-13-27(24)29(37)9-4-6-22-7-5-10-31(22)42(39,40)35-32(38)23-12-14-30(41-21-33)28(36)18-23/h4,9,12,14-16,18-19,22,24-25,27,29,31,37H,2-3,5-8,10-11,13,17,20-21H2,1H3,(H,35,38)/b9-4+/t22-,24-,25?,27+,29-,31-,33?/m0/s1. The van der Waals surface area contributed by atoms with Gasteiger partial charge in [0.1, 0.15) is 5.75 Å². The normalized spacial score (nSPS) is 37.4. The van der Waals surface area contributed by atoms with Crippen molar-refractivity contribution in [2.24, 2.45) is 29.1 Å². The van der Waals surface area contributed by atoms with Crippen LogP contribution in [0.3, 0.4) is 0 Å². The molecule has 2 aliphatic heterocycles. The monoisotopic (exact) mass is 614 g/mol. The van der Waals surface area contributed by atoms with Crippen molar-refractivity contribution in [1.29, 1.82) is 0 Å². The lowest BCUT2D eigenvalue weighted by Crippen LogP contribution is -2.43. The first-order valence-electron chi connectivity index (χ1n) is 15.6.